The molecule has 0 bridgehead atoms. The molecule has 0 aliphatic carbocycles. The third-order valence-electron chi connectivity index (χ3n) is 3.48. The van der Waals surface area contributed by atoms with Crippen LogP contribution in [-0.4, -0.2) is 27.3 Å². The maximum atomic E-state index is 12.7. The molecule has 1 aliphatic rings. The number of halogens is 2. The minimum Gasteiger partial charge on any atom is -0.494 e. The molecule has 0 spiro atoms. The minimum absolute atomic E-state index is 0.138. The van der Waals surface area contributed by atoms with E-state index in [0.29, 0.717) is 5.69 Å². The van der Waals surface area contributed by atoms with E-state index >= 15 is 0 Å². The molecule has 0 saturated carbocycles. The van der Waals surface area contributed by atoms with Gasteiger partial charge in [0.15, 0.2) is 15.6 Å². The summed E-state index contributed by atoms with van der Waals surface area (Å²) in [5.41, 5.74) is 0.535. The summed E-state index contributed by atoms with van der Waals surface area (Å²) in [7, 11) is -2.11. The highest BCUT2D eigenvalue weighted by atomic mass is 35.5. The van der Waals surface area contributed by atoms with Crippen molar-refractivity contribution in [1.82, 2.24) is 0 Å². The third-order valence-corrected chi connectivity index (χ3v) is 5.66. The number of carbonyl (C=O) groups excluding carboxylic acids is 1. The van der Waals surface area contributed by atoms with Crippen LogP contribution >= 0.6 is 23.2 Å². The van der Waals surface area contributed by atoms with E-state index < -0.39 is 21.6 Å². The number of anilines is 1. The van der Waals surface area contributed by atoms with Crippen LogP contribution in [0, 0.1) is 0 Å². The summed E-state index contributed by atoms with van der Waals surface area (Å²) in [4.78, 5) is 14.0. The van der Waals surface area contributed by atoms with E-state index in [2.05, 4.69) is 0 Å². The van der Waals surface area contributed by atoms with E-state index in [1.54, 1.807) is 18.2 Å². The molecule has 0 atom stereocenters. The van der Waals surface area contributed by atoms with Crippen molar-refractivity contribution in [2.24, 2.45) is 0 Å². The number of ether oxygens (including phenoxy) is 1. The van der Waals surface area contributed by atoms with Gasteiger partial charge >= 0.3 is 0 Å². The summed E-state index contributed by atoms with van der Waals surface area (Å²) in [5, 5.41) is 0.359. The second-order valence-electron chi connectivity index (χ2n) is 4.92. The van der Waals surface area contributed by atoms with E-state index in [9.17, 15) is 13.2 Å². The Bertz CT molecular complexity index is 888. The van der Waals surface area contributed by atoms with Gasteiger partial charge in [0.2, 0.25) is 0 Å². The molecule has 1 aliphatic heterocycles. The van der Waals surface area contributed by atoms with Crippen molar-refractivity contribution in [3.05, 3.63) is 52.0 Å². The Morgan fingerprint density at radius 2 is 1.78 bits per heavy atom. The van der Waals surface area contributed by atoms with E-state index in [4.69, 9.17) is 27.9 Å². The number of para-hydroxylation sites is 1. The van der Waals surface area contributed by atoms with Crippen molar-refractivity contribution in [1.29, 1.82) is 0 Å². The van der Waals surface area contributed by atoms with Crippen molar-refractivity contribution in [3.8, 4) is 5.75 Å². The molecule has 5 nitrogen and oxygen atoms in total. The smallest absolute Gasteiger partial charge is 0.259 e. The summed E-state index contributed by atoms with van der Waals surface area (Å²) in [6.45, 7) is 0. The fraction of sp³-hybridized carbons (Fsp3) is 0.133. The average Bonchev–Trinajstić information content (AvgIpc) is 2.78. The molecule has 0 unspecified atom stereocenters. The molecule has 2 aromatic rings. The maximum Gasteiger partial charge on any atom is 0.259 e. The van der Waals surface area contributed by atoms with Crippen molar-refractivity contribution in [2.45, 2.75) is 4.90 Å². The Morgan fingerprint density at radius 3 is 2.39 bits per heavy atom. The summed E-state index contributed by atoms with van der Waals surface area (Å²) in [6.07, 6.45) is 0. The van der Waals surface area contributed by atoms with Gasteiger partial charge in [-0.25, -0.2) is 8.42 Å². The number of sulfone groups is 1. The van der Waals surface area contributed by atoms with Gasteiger partial charge in [-0.1, -0.05) is 35.3 Å². The molecule has 3 rings (SSSR count). The summed E-state index contributed by atoms with van der Waals surface area (Å²) in [5.74, 6) is -0.642. The monoisotopic (exact) mass is 371 g/mol. The number of fused-ring (bicyclic) bond motifs is 1. The van der Waals surface area contributed by atoms with E-state index in [1.165, 1.54) is 30.2 Å². The Morgan fingerprint density at radius 1 is 1.17 bits per heavy atom. The lowest BCUT2D eigenvalue weighted by Gasteiger charge is -2.16. The highest BCUT2D eigenvalue weighted by Crippen LogP contribution is 2.37. The molecule has 1 amide bonds. The van der Waals surface area contributed by atoms with Gasteiger partial charge in [-0.15, -0.1) is 0 Å². The third kappa shape index (κ3) is 2.67. The first-order valence-corrected chi connectivity index (χ1v) is 8.92. The summed E-state index contributed by atoms with van der Waals surface area (Å²) in [6, 6.07) is 9.17. The largest absolute Gasteiger partial charge is 0.494 e. The maximum absolute atomic E-state index is 12.7. The highest BCUT2D eigenvalue weighted by Gasteiger charge is 2.36. The van der Waals surface area contributed by atoms with Gasteiger partial charge in [0, 0.05) is 5.56 Å². The average molecular weight is 372 g/mol. The lowest BCUT2D eigenvalue weighted by molar-refractivity contribution is 0.0991. The molecule has 0 N–H and O–H groups in total. The normalized spacial score (nSPS) is 15.3. The zero-order valence-electron chi connectivity index (χ0n) is 11.9. The lowest BCUT2D eigenvalue weighted by atomic mass is 10.1. The van der Waals surface area contributed by atoms with Crippen molar-refractivity contribution < 1.29 is 17.9 Å². The van der Waals surface area contributed by atoms with Crippen LogP contribution in [0.3, 0.4) is 0 Å². The molecule has 23 heavy (non-hydrogen) atoms. The number of nitrogens with zero attached hydrogens (tertiary/aromatic N) is 1. The van der Waals surface area contributed by atoms with Gasteiger partial charge in [-0.05, 0) is 24.3 Å². The topological polar surface area (TPSA) is 63.7 Å². The number of rotatable bonds is 2. The van der Waals surface area contributed by atoms with E-state index in [-0.39, 0.29) is 26.3 Å². The van der Waals surface area contributed by atoms with Crippen molar-refractivity contribution >= 4 is 44.6 Å². The second kappa shape index (κ2) is 5.70. The van der Waals surface area contributed by atoms with Gasteiger partial charge in [-0.2, -0.15) is 0 Å². The van der Waals surface area contributed by atoms with E-state index in [1.807, 2.05) is 0 Å². The lowest BCUT2D eigenvalue weighted by Crippen LogP contribution is -2.30. The molecular formula is C15H11Cl2NO4S. The van der Waals surface area contributed by atoms with Gasteiger partial charge in [-0.3, -0.25) is 9.69 Å². The number of hydrogen-bond acceptors (Lipinski definition) is 4. The molecule has 0 saturated heterocycles. The zero-order chi connectivity index (χ0) is 16.8. The molecule has 0 fully saturated rings. The Balaban J connectivity index is 2.06. The van der Waals surface area contributed by atoms with Gasteiger partial charge in [0.05, 0.1) is 27.7 Å². The fourth-order valence-corrected chi connectivity index (χ4v) is 4.61. The van der Waals surface area contributed by atoms with Crippen LogP contribution in [0.1, 0.15) is 10.4 Å². The Kier molecular flexibility index (Phi) is 4.00. The number of carbonyl (C=O) groups is 1. The van der Waals surface area contributed by atoms with Gasteiger partial charge < -0.3 is 4.74 Å². The van der Waals surface area contributed by atoms with Crippen LogP contribution in [0.5, 0.6) is 5.75 Å². The molecule has 1 heterocycles. The van der Waals surface area contributed by atoms with Crippen LogP contribution in [0.15, 0.2) is 41.3 Å². The summed E-state index contributed by atoms with van der Waals surface area (Å²) < 4.78 is 29.4. The number of methoxy groups -OCH3 is 1. The zero-order valence-corrected chi connectivity index (χ0v) is 14.2. The van der Waals surface area contributed by atoms with Gasteiger partial charge in [0.1, 0.15) is 5.88 Å². The van der Waals surface area contributed by atoms with Crippen LogP contribution in [0.2, 0.25) is 10.0 Å². The second-order valence-corrected chi connectivity index (χ2v) is 7.66. The number of hydrogen-bond donors (Lipinski definition) is 0. The molecule has 0 aromatic heterocycles. The van der Waals surface area contributed by atoms with E-state index in [0.717, 1.165) is 0 Å². The van der Waals surface area contributed by atoms with Crippen LogP contribution in [0.4, 0.5) is 5.69 Å². The predicted molar refractivity (Wildman–Crippen MR) is 88.3 cm³/mol. The first-order chi connectivity index (χ1) is 10.8. The SMILES string of the molecule is COc1c(Cl)cc(C(=O)N2CS(=O)(=O)c3ccccc32)cc1Cl. The molecular weight excluding hydrogens is 361 g/mol. The number of amides is 1. The van der Waals surface area contributed by atoms with Crippen LogP contribution in [-0.2, 0) is 9.84 Å². The predicted octanol–water partition coefficient (Wildman–Crippen LogP) is 3.39. The fourth-order valence-electron chi connectivity index (χ4n) is 2.45. The van der Waals surface area contributed by atoms with Crippen LogP contribution in [0.25, 0.3) is 0 Å². The molecule has 8 heteroatoms. The molecule has 0 radical (unpaired) electrons. The van der Waals surface area contributed by atoms with Gasteiger partial charge in [0.25, 0.3) is 5.91 Å². The Labute approximate surface area is 143 Å². The van der Waals surface area contributed by atoms with Crippen LogP contribution < -0.4 is 9.64 Å². The Hall–Kier alpha value is -1.76. The highest BCUT2D eigenvalue weighted by molar-refractivity contribution is 7.92. The minimum atomic E-state index is -3.53. The quantitative estimate of drug-likeness (QED) is 0.811. The summed E-state index contributed by atoms with van der Waals surface area (Å²) >= 11 is 12.1. The van der Waals surface area contributed by atoms with Crippen molar-refractivity contribution in [2.75, 3.05) is 17.9 Å². The van der Waals surface area contributed by atoms with Crippen molar-refractivity contribution in [3.63, 3.8) is 0 Å². The molecule has 120 valence electrons. The number of benzene rings is 2. The molecule has 2 aromatic carbocycles. The first kappa shape index (κ1) is 16.1. The standard InChI is InChI=1S/C15H11Cl2NO4S/c1-22-14-10(16)6-9(7-11(14)17)15(19)18-8-23(20,21)13-5-3-2-4-12(13)18/h2-7H,8H2,1H3. The first-order valence-electron chi connectivity index (χ1n) is 6.52.